The number of benzene rings is 1. The normalized spacial score (nSPS) is 10.1. The maximum atomic E-state index is 5.28. The van der Waals surface area contributed by atoms with E-state index in [0.29, 0.717) is 6.79 Å². The first kappa shape index (κ1) is 11.4. The van der Waals surface area contributed by atoms with E-state index in [2.05, 4.69) is 24.8 Å². The van der Waals surface area contributed by atoms with E-state index >= 15 is 0 Å². The third-order valence-electron chi connectivity index (χ3n) is 1.91. The van der Waals surface area contributed by atoms with E-state index in [1.165, 1.54) is 5.56 Å². The van der Waals surface area contributed by atoms with Crippen LogP contribution in [0.4, 0.5) is 0 Å². The predicted octanol–water partition coefficient (Wildman–Crippen LogP) is 1.61. The van der Waals surface area contributed by atoms with E-state index in [1.54, 1.807) is 7.11 Å². The van der Waals surface area contributed by atoms with Gasteiger partial charge in [-0.05, 0) is 43.2 Å². The molecule has 0 unspecified atom stereocenters. The maximum Gasteiger partial charge on any atom is 0.188 e. The molecule has 0 spiro atoms. The molecular weight excluding hydrogens is 196 g/mol. The van der Waals surface area contributed by atoms with Crippen LogP contribution >= 0.6 is 0 Å². The van der Waals surface area contributed by atoms with Crippen LogP contribution in [0.2, 0.25) is 0 Å². The Bertz CT molecular complexity index is 219. The lowest BCUT2D eigenvalue weighted by molar-refractivity contribution is 0.0511. The lowest BCUT2D eigenvalue weighted by Crippen LogP contribution is -1.98. The third-order valence-corrected chi connectivity index (χ3v) is 2.26. The molecule has 2 nitrogen and oxygen atoms in total. The van der Waals surface area contributed by atoms with Crippen molar-refractivity contribution in [2.75, 3.05) is 19.7 Å². The van der Waals surface area contributed by atoms with Gasteiger partial charge in [0, 0.05) is 7.11 Å². The Labute approximate surface area is 90.6 Å². The SMILES string of the molecule is COCOc1ccc(CCC[SH2+])cc1. The number of aryl methyl sites for hydroxylation is 1. The smallest absolute Gasteiger partial charge is 0.188 e. The topological polar surface area (TPSA) is 18.5 Å². The number of methoxy groups -OCH3 is 1. The summed E-state index contributed by atoms with van der Waals surface area (Å²) in [6.45, 7) is 0.306. The first-order valence-electron chi connectivity index (χ1n) is 4.72. The zero-order valence-electron chi connectivity index (χ0n) is 8.45. The third kappa shape index (κ3) is 4.03. The Morgan fingerprint density at radius 2 is 1.93 bits per heavy atom. The van der Waals surface area contributed by atoms with Crippen LogP contribution in [0.1, 0.15) is 12.0 Å². The molecule has 0 fully saturated rings. The molecule has 0 amide bonds. The van der Waals surface area contributed by atoms with Crippen molar-refractivity contribution in [3.05, 3.63) is 29.8 Å². The van der Waals surface area contributed by atoms with Crippen LogP contribution in [0.3, 0.4) is 0 Å². The molecular formula is C11H17O2S+. The fraction of sp³-hybridized carbons (Fsp3) is 0.455. The minimum atomic E-state index is 0.306. The summed E-state index contributed by atoms with van der Waals surface area (Å²) in [6.07, 6.45) is 2.27. The minimum absolute atomic E-state index is 0.306. The minimum Gasteiger partial charge on any atom is -0.468 e. The number of hydrogen-bond acceptors (Lipinski definition) is 2. The zero-order valence-corrected chi connectivity index (χ0v) is 9.45. The first-order valence-corrected chi connectivity index (χ1v) is 5.43. The Balaban J connectivity index is 2.42. The number of hydrogen-bond donors (Lipinski definition) is 0. The highest BCUT2D eigenvalue weighted by Crippen LogP contribution is 2.13. The van der Waals surface area contributed by atoms with Crippen molar-refractivity contribution in [3.63, 3.8) is 0 Å². The van der Waals surface area contributed by atoms with Crippen molar-refractivity contribution >= 4 is 12.6 Å². The molecule has 0 N–H and O–H groups in total. The lowest BCUT2D eigenvalue weighted by atomic mass is 10.1. The van der Waals surface area contributed by atoms with Gasteiger partial charge >= 0.3 is 0 Å². The quantitative estimate of drug-likeness (QED) is 0.528. The second-order valence-electron chi connectivity index (χ2n) is 3.05. The molecule has 0 heterocycles. The van der Waals surface area contributed by atoms with E-state index in [-0.39, 0.29) is 0 Å². The molecule has 78 valence electrons. The summed E-state index contributed by atoms with van der Waals surface area (Å²) in [4.78, 5) is 0. The van der Waals surface area contributed by atoms with Crippen LogP contribution in [0.15, 0.2) is 24.3 Å². The van der Waals surface area contributed by atoms with Gasteiger partial charge in [0.25, 0.3) is 0 Å². The zero-order chi connectivity index (χ0) is 10.2. The van der Waals surface area contributed by atoms with Gasteiger partial charge in [0.15, 0.2) is 6.79 Å². The summed E-state index contributed by atoms with van der Waals surface area (Å²) in [5.41, 5.74) is 1.34. The number of ether oxygens (including phenoxy) is 2. The first-order chi connectivity index (χ1) is 6.86. The molecule has 1 aromatic carbocycles. The van der Waals surface area contributed by atoms with Crippen molar-refractivity contribution in [1.29, 1.82) is 0 Å². The second kappa shape index (κ2) is 6.74. The van der Waals surface area contributed by atoms with E-state index in [1.807, 2.05) is 12.1 Å². The molecule has 0 aromatic heterocycles. The maximum absolute atomic E-state index is 5.28. The van der Waals surface area contributed by atoms with Gasteiger partial charge < -0.3 is 9.47 Å². The molecule has 1 aromatic rings. The summed E-state index contributed by atoms with van der Waals surface area (Å²) in [5.74, 6) is 1.90. The van der Waals surface area contributed by atoms with Crippen LogP contribution in [-0.2, 0) is 23.8 Å². The molecule has 0 radical (unpaired) electrons. The van der Waals surface area contributed by atoms with Gasteiger partial charge in [-0.3, -0.25) is 0 Å². The fourth-order valence-electron chi connectivity index (χ4n) is 1.17. The molecule has 0 aliphatic carbocycles. The summed E-state index contributed by atoms with van der Waals surface area (Å²) in [6, 6.07) is 8.13. The van der Waals surface area contributed by atoms with E-state index < -0.39 is 0 Å². The Morgan fingerprint density at radius 1 is 1.21 bits per heavy atom. The fourth-order valence-corrected chi connectivity index (χ4v) is 1.35. The summed E-state index contributed by atoms with van der Waals surface area (Å²) in [7, 11) is 1.62. The number of rotatable bonds is 6. The van der Waals surface area contributed by atoms with Crippen molar-refractivity contribution in [2.24, 2.45) is 0 Å². The van der Waals surface area contributed by atoms with Gasteiger partial charge in [0.1, 0.15) is 11.5 Å². The summed E-state index contributed by atoms with van der Waals surface area (Å²) in [5, 5.41) is 0. The highest BCUT2D eigenvalue weighted by molar-refractivity contribution is 7.58. The van der Waals surface area contributed by atoms with Crippen molar-refractivity contribution in [1.82, 2.24) is 0 Å². The highest BCUT2D eigenvalue weighted by Gasteiger charge is 1.95. The molecule has 0 bridgehead atoms. The summed E-state index contributed by atoms with van der Waals surface area (Å²) < 4.78 is 10.1. The second-order valence-corrected chi connectivity index (χ2v) is 3.55. The van der Waals surface area contributed by atoms with Crippen LogP contribution in [0, 0.1) is 0 Å². The Morgan fingerprint density at radius 3 is 2.50 bits per heavy atom. The van der Waals surface area contributed by atoms with Gasteiger partial charge in [-0.15, -0.1) is 0 Å². The lowest BCUT2D eigenvalue weighted by Gasteiger charge is -2.05. The van der Waals surface area contributed by atoms with Crippen molar-refractivity contribution in [3.8, 4) is 5.75 Å². The Kier molecular flexibility index (Phi) is 5.49. The molecule has 14 heavy (non-hydrogen) atoms. The van der Waals surface area contributed by atoms with Gasteiger partial charge in [-0.2, -0.15) is 0 Å². The van der Waals surface area contributed by atoms with Gasteiger partial charge in [0.2, 0.25) is 0 Å². The largest absolute Gasteiger partial charge is 0.468 e. The van der Waals surface area contributed by atoms with Crippen LogP contribution in [0.5, 0.6) is 5.75 Å². The van der Waals surface area contributed by atoms with Crippen molar-refractivity contribution < 1.29 is 9.47 Å². The molecule has 0 saturated heterocycles. The average molecular weight is 213 g/mol. The van der Waals surface area contributed by atoms with Crippen LogP contribution in [-0.4, -0.2) is 19.7 Å². The van der Waals surface area contributed by atoms with Crippen LogP contribution in [0.25, 0.3) is 0 Å². The molecule has 0 saturated carbocycles. The molecule has 0 aliphatic rings. The van der Waals surface area contributed by atoms with Crippen LogP contribution < -0.4 is 4.74 Å². The van der Waals surface area contributed by atoms with Gasteiger partial charge in [-0.1, -0.05) is 12.1 Å². The Hall–Kier alpha value is -0.670. The van der Waals surface area contributed by atoms with Gasteiger partial charge in [-0.25, -0.2) is 0 Å². The highest BCUT2D eigenvalue weighted by atomic mass is 32.1. The van der Waals surface area contributed by atoms with Gasteiger partial charge in [0.05, 0.1) is 0 Å². The van der Waals surface area contributed by atoms with Crippen molar-refractivity contribution in [2.45, 2.75) is 12.8 Å². The monoisotopic (exact) mass is 213 g/mol. The predicted molar refractivity (Wildman–Crippen MR) is 62.3 cm³/mol. The standard InChI is InChI=1S/C11H16O2S/c1-12-9-13-11-6-4-10(5-7-11)3-2-8-14/h4-7,14H,2-3,8-9H2,1H3/p+1. The molecule has 0 atom stereocenters. The van der Waals surface area contributed by atoms with E-state index in [0.717, 1.165) is 24.3 Å². The molecule has 0 aliphatic heterocycles. The summed E-state index contributed by atoms with van der Waals surface area (Å²) >= 11 is 3.46. The molecule has 3 heteroatoms. The van der Waals surface area contributed by atoms with E-state index in [9.17, 15) is 0 Å². The molecule has 1 rings (SSSR count). The van der Waals surface area contributed by atoms with E-state index in [4.69, 9.17) is 9.47 Å². The average Bonchev–Trinajstić information content (AvgIpc) is 2.25.